The zero-order valence-corrected chi connectivity index (χ0v) is 13.0. The van der Waals surface area contributed by atoms with Crippen LogP contribution in [-0.4, -0.2) is 36.0 Å². The summed E-state index contributed by atoms with van der Waals surface area (Å²) in [7, 11) is 0. The van der Waals surface area contributed by atoms with E-state index in [4.69, 9.17) is 0 Å². The van der Waals surface area contributed by atoms with Crippen molar-refractivity contribution in [1.82, 2.24) is 10.2 Å². The predicted octanol–water partition coefficient (Wildman–Crippen LogP) is 3.11. The molecule has 0 aliphatic carbocycles. The van der Waals surface area contributed by atoms with E-state index in [1.54, 1.807) is 11.3 Å². The number of rotatable bonds is 2. The Morgan fingerprint density at radius 1 is 1.29 bits per heavy atom. The fourth-order valence-corrected chi connectivity index (χ4v) is 4.70. The third-order valence-electron chi connectivity index (χ3n) is 5.19. The van der Waals surface area contributed by atoms with Gasteiger partial charge in [-0.1, -0.05) is 6.07 Å². The molecular weight excluding hydrogens is 280 g/mol. The fraction of sp³-hybridized carbons (Fsp3) is 0.471. The molecule has 1 aromatic heterocycles. The molecule has 0 radical (unpaired) electrons. The quantitative estimate of drug-likeness (QED) is 0.924. The van der Waals surface area contributed by atoms with Crippen LogP contribution in [0.1, 0.15) is 30.1 Å². The van der Waals surface area contributed by atoms with E-state index in [1.165, 1.54) is 36.0 Å². The summed E-state index contributed by atoms with van der Waals surface area (Å²) in [6, 6.07) is 8.86. The van der Waals surface area contributed by atoms with Crippen LogP contribution < -0.4 is 5.32 Å². The lowest BCUT2D eigenvalue weighted by Gasteiger charge is -2.49. The standard InChI is InChI=1S/C17H20N2OS/c1-11-16(13-4-7-19(11)8-5-13)18-17(20)14-3-2-12-6-9-21-15(12)10-14/h2-3,6,9-11,13,16H,4-5,7-8H2,1H3,(H,18,20)/t11-,16+/m1/s1. The van der Waals surface area contributed by atoms with Crippen LogP contribution in [0.25, 0.3) is 10.1 Å². The van der Waals surface area contributed by atoms with Gasteiger partial charge in [-0.3, -0.25) is 9.69 Å². The summed E-state index contributed by atoms with van der Waals surface area (Å²) >= 11 is 1.69. The van der Waals surface area contributed by atoms with Crippen molar-refractivity contribution >= 4 is 27.3 Å². The Morgan fingerprint density at radius 3 is 2.86 bits per heavy atom. The fourth-order valence-electron chi connectivity index (χ4n) is 3.88. The van der Waals surface area contributed by atoms with Crippen molar-refractivity contribution in [2.45, 2.75) is 31.8 Å². The molecule has 3 saturated heterocycles. The van der Waals surface area contributed by atoms with Crippen LogP contribution in [-0.2, 0) is 0 Å². The molecule has 2 aromatic rings. The van der Waals surface area contributed by atoms with Gasteiger partial charge in [-0.25, -0.2) is 0 Å². The molecule has 2 atom stereocenters. The van der Waals surface area contributed by atoms with Gasteiger partial charge in [-0.05, 0) is 67.7 Å². The monoisotopic (exact) mass is 300 g/mol. The van der Waals surface area contributed by atoms with E-state index >= 15 is 0 Å². The molecule has 3 aliphatic heterocycles. The van der Waals surface area contributed by atoms with Crippen molar-refractivity contribution in [3.05, 3.63) is 35.2 Å². The molecule has 3 fully saturated rings. The van der Waals surface area contributed by atoms with Crippen LogP contribution in [0.5, 0.6) is 0 Å². The summed E-state index contributed by atoms with van der Waals surface area (Å²) in [4.78, 5) is 15.1. The highest BCUT2D eigenvalue weighted by Crippen LogP contribution is 2.32. The minimum absolute atomic E-state index is 0.0795. The van der Waals surface area contributed by atoms with Gasteiger partial charge in [0.15, 0.2) is 0 Å². The minimum Gasteiger partial charge on any atom is -0.347 e. The Bertz CT molecular complexity index is 670. The number of carbonyl (C=O) groups excluding carboxylic acids is 1. The number of hydrogen-bond acceptors (Lipinski definition) is 3. The predicted molar refractivity (Wildman–Crippen MR) is 86.8 cm³/mol. The molecule has 4 heterocycles. The maximum atomic E-state index is 12.6. The highest BCUT2D eigenvalue weighted by atomic mass is 32.1. The molecule has 4 heteroatoms. The largest absolute Gasteiger partial charge is 0.347 e. The molecule has 0 spiro atoms. The van der Waals surface area contributed by atoms with Crippen molar-refractivity contribution in [3.8, 4) is 0 Å². The minimum atomic E-state index is 0.0795. The SMILES string of the molecule is C[C@@H]1[C@H](NC(=O)c2ccc3ccsc3c2)C2CCN1CC2. The second-order valence-electron chi connectivity index (χ2n) is 6.29. The van der Waals surface area contributed by atoms with Gasteiger partial charge in [0.1, 0.15) is 0 Å². The van der Waals surface area contributed by atoms with Crippen molar-refractivity contribution in [1.29, 1.82) is 0 Å². The summed E-state index contributed by atoms with van der Waals surface area (Å²) in [6.07, 6.45) is 2.44. The van der Waals surface area contributed by atoms with Crippen LogP contribution in [0.3, 0.4) is 0 Å². The molecule has 2 bridgehead atoms. The number of piperidine rings is 3. The summed E-state index contributed by atoms with van der Waals surface area (Å²) in [5.74, 6) is 0.732. The Hall–Kier alpha value is -1.39. The number of amides is 1. The topological polar surface area (TPSA) is 32.3 Å². The number of fused-ring (bicyclic) bond motifs is 4. The lowest BCUT2D eigenvalue weighted by Crippen LogP contribution is -2.62. The third-order valence-corrected chi connectivity index (χ3v) is 6.07. The number of benzene rings is 1. The van der Waals surface area contributed by atoms with Gasteiger partial charge < -0.3 is 5.32 Å². The van der Waals surface area contributed by atoms with Gasteiger partial charge in [0, 0.05) is 22.3 Å². The normalized spacial score (nSPS) is 31.5. The number of nitrogens with zero attached hydrogens (tertiary/aromatic N) is 1. The molecule has 3 aliphatic rings. The molecule has 1 amide bonds. The Morgan fingerprint density at radius 2 is 2.10 bits per heavy atom. The highest BCUT2D eigenvalue weighted by Gasteiger charge is 2.40. The molecular formula is C17H20N2OS. The van der Waals surface area contributed by atoms with Crippen LogP contribution in [0.4, 0.5) is 0 Å². The first-order chi connectivity index (χ1) is 10.2. The molecule has 110 valence electrons. The van der Waals surface area contributed by atoms with Crippen molar-refractivity contribution in [2.75, 3.05) is 13.1 Å². The molecule has 0 unspecified atom stereocenters. The zero-order valence-electron chi connectivity index (χ0n) is 12.2. The van der Waals surface area contributed by atoms with E-state index in [9.17, 15) is 4.79 Å². The Kier molecular flexibility index (Phi) is 3.23. The first-order valence-electron chi connectivity index (χ1n) is 7.74. The Labute approximate surface area is 128 Å². The number of thiophene rings is 1. The van der Waals surface area contributed by atoms with Crippen LogP contribution >= 0.6 is 11.3 Å². The Balaban J connectivity index is 1.54. The maximum absolute atomic E-state index is 12.6. The van der Waals surface area contributed by atoms with E-state index in [2.05, 4.69) is 28.6 Å². The van der Waals surface area contributed by atoms with Gasteiger partial charge in [-0.15, -0.1) is 11.3 Å². The average Bonchev–Trinajstić information content (AvgIpc) is 2.98. The zero-order chi connectivity index (χ0) is 14.4. The van der Waals surface area contributed by atoms with Gasteiger partial charge in [0.25, 0.3) is 5.91 Å². The van der Waals surface area contributed by atoms with E-state index in [1.807, 2.05) is 18.2 Å². The summed E-state index contributed by atoms with van der Waals surface area (Å²) < 4.78 is 1.18. The third kappa shape index (κ3) is 2.27. The average molecular weight is 300 g/mol. The van der Waals surface area contributed by atoms with E-state index in [0.717, 1.165) is 5.56 Å². The van der Waals surface area contributed by atoms with Crippen molar-refractivity contribution in [2.24, 2.45) is 5.92 Å². The molecule has 0 saturated carbocycles. The van der Waals surface area contributed by atoms with Crippen LogP contribution in [0.2, 0.25) is 0 Å². The number of hydrogen-bond donors (Lipinski definition) is 1. The number of carbonyl (C=O) groups is 1. The van der Waals surface area contributed by atoms with Gasteiger partial charge in [-0.2, -0.15) is 0 Å². The first-order valence-corrected chi connectivity index (χ1v) is 8.62. The molecule has 21 heavy (non-hydrogen) atoms. The molecule has 1 aromatic carbocycles. The van der Waals surface area contributed by atoms with E-state index in [0.29, 0.717) is 18.0 Å². The summed E-state index contributed by atoms with van der Waals surface area (Å²) in [5.41, 5.74) is 0.786. The molecule has 3 nitrogen and oxygen atoms in total. The summed E-state index contributed by atoms with van der Waals surface area (Å²) in [6.45, 7) is 4.64. The second-order valence-corrected chi connectivity index (χ2v) is 7.23. The van der Waals surface area contributed by atoms with Crippen molar-refractivity contribution in [3.63, 3.8) is 0 Å². The van der Waals surface area contributed by atoms with Gasteiger partial charge in [0.05, 0.1) is 0 Å². The number of nitrogens with one attached hydrogen (secondary N) is 1. The smallest absolute Gasteiger partial charge is 0.251 e. The lowest BCUT2D eigenvalue weighted by molar-refractivity contribution is 0.0217. The second kappa shape index (κ2) is 5.11. The molecule has 1 N–H and O–H groups in total. The van der Waals surface area contributed by atoms with Crippen LogP contribution in [0, 0.1) is 5.92 Å². The lowest BCUT2D eigenvalue weighted by atomic mass is 9.79. The van der Waals surface area contributed by atoms with E-state index < -0.39 is 0 Å². The maximum Gasteiger partial charge on any atom is 0.251 e. The van der Waals surface area contributed by atoms with Crippen molar-refractivity contribution < 1.29 is 4.79 Å². The highest BCUT2D eigenvalue weighted by molar-refractivity contribution is 7.17. The van der Waals surface area contributed by atoms with Crippen LogP contribution in [0.15, 0.2) is 29.6 Å². The summed E-state index contributed by atoms with van der Waals surface area (Å²) in [5, 5.41) is 6.58. The first kappa shape index (κ1) is 13.3. The van der Waals surface area contributed by atoms with Gasteiger partial charge in [0.2, 0.25) is 0 Å². The van der Waals surface area contributed by atoms with E-state index in [-0.39, 0.29) is 5.91 Å². The molecule has 5 rings (SSSR count). The van der Waals surface area contributed by atoms with Gasteiger partial charge >= 0.3 is 0 Å².